The lowest BCUT2D eigenvalue weighted by Crippen LogP contribution is -2.28. The van der Waals surface area contributed by atoms with E-state index in [1.807, 2.05) is 0 Å². The van der Waals surface area contributed by atoms with Crippen molar-refractivity contribution < 1.29 is 9.90 Å². The van der Waals surface area contributed by atoms with Crippen LogP contribution >= 0.6 is 0 Å². The molecule has 0 bridgehead atoms. The van der Waals surface area contributed by atoms with E-state index in [9.17, 15) is 4.79 Å². The molecule has 0 spiro atoms. The highest BCUT2D eigenvalue weighted by Crippen LogP contribution is 1.93. The van der Waals surface area contributed by atoms with Gasteiger partial charge in [0.05, 0.1) is 10.9 Å². The van der Waals surface area contributed by atoms with Crippen molar-refractivity contribution in [3.8, 4) is 0 Å². The molecule has 1 N–H and O–H groups in total. The van der Waals surface area contributed by atoms with Gasteiger partial charge in [0, 0.05) is 6.54 Å². The summed E-state index contributed by atoms with van der Waals surface area (Å²) in [4.78, 5) is 14.9. The third-order valence-corrected chi connectivity index (χ3v) is 2.05. The highest BCUT2D eigenvalue weighted by Gasteiger charge is 2.02. The van der Waals surface area contributed by atoms with Crippen LogP contribution in [-0.4, -0.2) is 17.6 Å². The standard InChI is InChI=1S/C10H9NO2/c12-10(13)8-4-3-7-2-1-5-11-9(7)6-8/h2-4,6H,1,5H2,(H,12,13). The molecule has 1 aromatic carbocycles. The van der Waals surface area contributed by atoms with Crippen LogP contribution in [0.5, 0.6) is 0 Å². The number of nitrogens with zero attached hydrogens (tertiary/aromatic N) is 1. The third kappa shape index (κ3) is 1.45. The molecule has 1 heterocycles. The average Bonchev–Trinajstić information content (AvgIpc) is 2.17. The number of carboxylic acids is 1. The normalized spacial score (nSPS) is 13.8. The lowest BCUT2D eigenvalue weighted by Gasteiger charge is -2.00. The summed E-state index contributed by atoms with van der Waals surface area (Å²) >= 11 is 0. The Morgan fingerprint density at radius 2 is 2.31 bits per heavy atom. The molecule has 0 unspecified atom stereocenters. The Hall–Kier alpha value is -1.64. The molecule has 2 rings (SSSR count). The van der Waals surface area contributed by atoms with Gasteiger partial charge in [-0.3, -0.25) is 4.99 Å². The lowest BCUT2D eigenvalue weighted by atomic mass is 10.1. The van der Waals surface area contributed by atoms with E-state index in [2.05, 4.69) is 11.1 Å². The fourth-order valence-electron chi connectivity index (χ4n) is 1.39. The highest BCUT2D eigenvalue weighted by atomic mass is 16.4. The second-order valence-electron chi connectivity index (χ2n) is 2.95. The van der Waals surface area contributed by atoms with Crippen LogP contribution < -0.4 is 10.6 Å². The molecule has 0 amide bonds. The summed E-state index contributed by atoms with van der Waals surface area (Å²) in [6.45, 7) is 0.760. The van der Waals surface area contributed by atoms with Gasteiger partial charge >= 0.3 is 5.97 Å². The molecule has 3 heteroatoms. The third-order valence-electron chi connectivity index (χ3n) is 2.05. The lowest BCUT2D eigenvalue weighted by molar-refractivity contribution is 0.0696. The molecule has 1 aromatic rings. The van der Waals surface area contributed by atoms with E-state index in [-0.39, 0.29) is 0 Å². The van der Waals surface area contributed by atoms with Crippen molar-refractivity contribution in [1.29, 1.82) is 0 Å². The van der Waals surface area contributed by atoms with Crippen molar-refractivity contribution in [2.24, 2.45) is 4.99 Å². The molecule has 1 aliphatic rings. The molecule has 3 nitrogen and oxygen atoms in total. The monoisotopic (exact) mass is 175 g/mol. The first-order chi connectivity index (χ1) is 6.27. The summed E-state index contributed by atoms with van der Waals surface area (Å²) in [6, 6.07) is 5.03. The van der Waals surface area contributed by atoms with E-state index in [0.29, 0.717) is 5.56 Å². The summed E-state index contributed by atoms with van der Waals surface area (Å²) in [7, 11) is 0. The summed E-state index contributed by atoms with van der Waals surface area (Å²) < 4.78 is 0. The van der Waals surface area contributed by atoms with Gasteiger partial charge in [-0.25, -0.2) is 4.79 Å². The zero-order chi connectivity index (χ0) is 9.26. The molecule has 0 aliphatic carbocycles. The highest BCUT2D eigenvalue weighted by molar-refractivity contribution is 5.87. The Balaban J connectivity index is 2.67. The minimum atomic E-state index is -0.899. The van der Waals surface area contributed by atoms with Gasteiger partial charge in [-0.05, 0) is 23.8 Å². The maximum absolute atomic E-state index is 10.6. The summed E-state index contributed by atoms with van der Waals surface area (Å²) in [5.41, 5.74) is 0.304. The van der Waals surface area contributed by atoms with Crippen LogP contribution in [0.3, 0.4) is 0 Å². The predicted octanol–water partition coefficient (Wildman–Crippen LogP) is 0.189. The molecule has 0 atom stereocenters. The van der Waals surface area contributed by atoms with E-state index < -0.39 is 5.97 Å². The van der Waals surface area contributed by atoms with E-state index in [0.717, 1.165) is 23.5 Å². The Morgan fingerprint density at radius 3 is 3.08 bits per heavy atom. The van der Waals surface area contributed by atoms with Crippen LogP contribution in [0.15, 0.2) is 23.2 Å². The molecule has 0 saturated carbocycles. The van der Waals surface area contributed by atoms with Gasteiger partial charge in [-0.1, -0.05) is 12.1 Å². The SMILES string of the molecule is O=C(O)c1ccc2c(c1)=NCCC=2. The number of hydrogen-bond acceptors (Lipinski definition) is 2. The van der Waals surface area contributed by atoms with Gasteiger partial charge in [0.15, 0.2) is 0 Å². The van der Waals surface area contributed by atoms with Crippen molar-refractivity contribution in [3.05, 3.63) is 34.3 Å². The number of rotatable bonds is 1. The number of carbonyl (C=O) groups is 1. The smallest absolute Gasteiger partial charge is 0.335 e. The summed E-state index contributed by atoms with van der Waals surface area (Å²) in [5, 5.41) is 10.6. The Morgan fingerprint density at radius 1 is 1.46 bits per heavy atom. The topological polar surface area (TPSA) is 49.7 Å². The largest absolute Gasteiger partial charge is 0.478 e. The molecule has 0 aromatic heterocycles. The summed E-state index contributed by atoms with van der Waals surface area (Å²) in [6.07, 6.45) is 3.02. The zero-order valence-corrected chi connectivity index (χ0v) is 7.03. The minimum absolute atomic E-state index is 0.304. The van der Waals surface area contributed by atoms with Gasteiger partial charge in [-0.15, -0.1) is 0 Å². The van der Waals surface area contributed by atoms with Crippen LogP contribution in [0.1, 0.15) is 16.8 Å². The quantitative estimate of drug-likeness (QED) is 0.662. The fourth-order valence-corrected chi connectivity index (χ4v) is 1.39. The van der Waals surface area contributed by atoms with E-state index >= 15 is 0 Å². The molecule has 0 fully saturated rings. The first kappa shape index (κ1) is 7.98. The first-order valence-corrected chi connectivity index (χ1v) is 4.15. The fraction of sp³-hybridized carbons (Fsp3) is 0.200. The van der Waals surface area contributed by atoms with Crippen molar-refractivity contribution >= 4 is 12.0 Å². The number of aromatic carboxylic acids is 1. The summed E-state index contributed by atoms with van der Waals surface area (Å²) in [5.74, 6) is -0.899. The Bertz CT molecular complexity index is 462. The van der Waals surface area contributed by atoms with Crippen molar-refractivity contribution in [2.45, 2.75) is 6.42 Å². The second kappa shape index (κ2) is 3.01. The van der Waals surface area contributed by atoms with Gasteiger partial charge in [-0.2, -0.15) is 0 Å². The maximum Gasteiger partial charge on any atom is 0.335 e. The molecule has 0 saturated heterocycles. The van der Waals surface area contributed by atoms with Crippen molar-refractivity contribution in [1.82, 2.24) is 0 Å². The number of benzene rings is 1. The molecular weight excluding hydrogens is 166 g/mol. The van der Waals surface area contributed by atoms with Crippen LogP contribution in [0.2, 0.25) is 0 Å². The van der Waals surface area contributed by atoms with E-state index in [1.165, 1.54) is 0 Å². The van der Waals surface area contributed by atoms with E-state index in [1.54, 1.807) is 18.2 Å². The number of fused-ring (bicyclic) bond motifs is 1. The number of hydrogen-bond donors (Lipinski definition) is 1. The first-order valence-electron chi connectivity index (χ1n) is 4.15. The van der Waals surface area contributed by atoms with Gasteiger partial charge in [0.1, 0.15) is 0 Å². The minimum Gasteiger partial charge on any atom is -0.478 e. The molecule has 0 radical (unpaired) electrons. The van der Waals surface area contributed by atoms with Crippen molar-refractivity contribution in [2.75, 3.05) is 6.54 Å². The van der Waals surface area contributed by atoms with Crippen LogP contribution in [0.4, 0.5) is 0 Å². The molecule has 13 heavy (non-hydrogen) atoms. The number of carboxylic acid groups (broad SMARTS) is 1. The Kier molecular flexibility index (Phi) is 1.85. The van der Waals surface area contributed by atoms with Gasteiger partial charge in [0.25, 0.3) is 0 Å². The maximum atomic E-state index is 10.6. The predicted molar refractivity (Wildman–Crippen MR) is 48.1 cm³/mol. The van der Waals surface area contributed by atoms with Crippen LogP contribution in [0.25, 0.3) is 6.08 Å². The molecular formula is C10H9NO2. The second-order valence-corrected chi connectivity index (χ2v) is 2.95. The van der Waals surface area contributed by atoms with E-state index in [4.69, 9.17) is 5.11 Å². The zero-order valence-electron chi connectivity index (χ0n) is 7.03. The molecule has 1 aliphatic heterocycles. The van der Waals surface area contributed by atoms with Crippen molar-refractivity contribution in [3.63, 3.8) is 0 Å². The van der Waals surface area contributed by atoms with Gasteiger partial charge < -0.3 is 5.11 Å². The van der Waals surface area contributed by atoms with Gasteiger partial charge in [0.2, 0.25) is 0 Å². The molecule has 66 valence electrons. The average molecular weight is 175 g/mol. The Labute approximate surface area is 75.0 Å². The van der Waals surface area contributed by atoms with Crippen LogP contribution in [-0.2, 0) is 0 Å². The van der Waals surface area contributed by atoms with Crippen LogP contribution in [0, 0.1) is 0 Å².